The van der Waals surface area contributed by atoms with Crippen LogP contribution in [-0.4, -0.2) is 26.0 Å². The molecule has 1 amide bonds. The molecular weight excluding hydrogens is 342 g/mol. The normalized spacial score (nSPS) is 11.0. The fourth-order valence-corrected chi connectivity index (χ4v) is 3.20. The van der Waals surface area contributed by atoms with Crippen LogP contribution in [0.2, 0.25) is 0 Å². The van der Waals surface area contributed by atoms with E-state index in [0.29, 0.717) is 15.9 Å². The molecule has 25 heavy (non-hydrogen) atoms. The van der Waals surface area contributed by atoms with Crippen LogP contribution >= 0.6 is 11.3 Å². The highest BCUT2D eigenvalue weighted by atomic mass is 32.1. The lowest BCUT2D eigenvalue weighted by Crippen LogP contribution is -2.14. The zero-order valence-corrected chi connectivity index (χ0v) is 14.6. The fraction of sp³-hybridized carbons (Fsp3) is 0.250. The predicted octanol–water partition coefficient (Wildman–Crippen LogP) is 3.68. The van der Waals surface area contributed by atoms with Crippen LogP contribution in [0, 0.1) is 17.0 Å². The van der Waals surface area contributed by atoms with Gasteiger partial charge in [0.1, 0.15) is 10.7 Å². The van der Waals surface area contributed by atoms with Gasteiger partial charge in [-0.25, -0.2) is 0 Å². The van der Waals surface area contributed by atoms with Gasteiger partial charge in [-0.3, -0.25) is 25.2 Å². The van der Waals surface area contributed by atoms with Crippen molar-refractivity contribution in [2.24, 2.45) is 0 Å². The number of amides is 1. The molecule has 0 spiro atoms. The van der Waals surface area contributed by atoms with Gasteiger partial charge >= 0.3 is 0 Å². The summed E-state index contributed by atoms with van der Waals surface area (Å²) in [6.07, 6.45) is 1.39. The number of nitro groups is 1. The number of fused-ring (bicyclic) bond motifs is 1. The zero-order valence-electron chi connectivity index (χ0n) is 13.8. The van der Waals surface area contributed by atoms with Crippen LogP contribution in [0.1, 0.15) is 40.8 Å². The Morgan fingerprint density at radius 1 is 1.28 bits per heavy atom. The van der Waals surface area contributed by atoms with Crippen molar-refractivity contribution >= 4 is 38.8 Å². The van der Waals surface area contributed by atoms with E-state index in [4.69, 9.17) is 0 Å². The number of rotatable bonds is 4. The van der Waals surface area contributed by atoms with Gasteiger partial charge < -0.3 is 0 Å². The molecule has 8 nitrogen and oxygen atoms in total. The molecular formula is C16H15N5O3S. The number of nitrogens with zero attached hydrogens (tertiary/aromatic N) is 4. The summed E-state index contributed by atoms with van der Waals surface area (Å²) >= 11 is 1.29. The van der Waals surface area contributed by atoms with E-state index in [9.17, 15) is 14.9 Å². The number of pyridine rings is 1. The number of benzene rings is 1. The van der Waals surface area contributed by atoms with E-state index in [1.165, 1.54) is 23.6 Å². The van der Waals surface area contributed by atoms with E-state index in [1.54, 1.807) is 19.1 Å². The highest BCUT2D eigenvalue weighted by molar-refractivity contribution is 7.15. The number of nitrogens with one attached hydrogen (secondary N) is 1. The van der Waals surface area contributed by atoms with Gasteiger partial charge in [0.05, 0.1) is 10.3 Å². The van der Waals surface area contributed by atoms with Crippen LogP contribution in [0.4, 0.5) is 10.8 Å². The Kier molecular flexibility index (Phi) is 4.41. The van der Waals surface area contributed by atoms with E-state index in [1.807, 2.05) is 13.8 Å². The Bertz CT molecular complexity index is 983. The minimum absolute atomic E-state index is 0.0601. The molecule has 0 aliphatic carbocycles. The minimum Gasteiger partial charge on any atom is -0.295 e. The molecule has 0 radical (unpaired) electrons. The van der Waals surface area contributed by atoms with Gasteiger partial charge in [0.2, 0.25) is 5.13 Å². The van der Waals surface area contributed by atoms with Crippen LogP contribution in [0.25, 0.3) is 10.8 Å². The number of aryl methyl sites for hydroxylation is 1. The molecule has 3 rings (SSSR count). The number of aromatic nitrogens is 3. The van der Waals surface area contributed by atoms with Crippen molar-refractivity contribution in [1.82, 2.24) is 15.2 Å². The Morgan fingerprint density at radius 2 is 2.04 bits per heavy atom. The van der Waals surface area contributed by atoms with E-state index in [-0.39, 0.29) is 17.3 Å². The molecule has 1 N–H and O–H groups in total. The van der Waals surface area contributed by atoms with Gasteiger partial charge in [-0.05, 0) is 18.6 Å². The van der Waals surface area contributed by atoms with Crippen molar-refractivity contribution in [2.75, 3.05) is 5.32 Å². The second-order valence-corrected chi connectivity index (χ2v) is 6.80. The average Bonchev–Trinajstić information content (AvgIpc) is 3.03. The van der Waals surface area contributed by atoms with Gasteiger partial charge in [-0.1, -0.05) is 31.3 Å². The molecule has 2 heterocycles. The maximum absolute atomic E-state index is 12.6. The summed E-state index contributed by atoms with van der Waals surface area (Å²) in [5.41, 5.74) is 0.800. The first-order valence-corrected chi connectivity index (χ1v) is 8.37. The molecule has 0 saturated carbocycles. The van der Waals surface area contributed by atoms with E-state index in [0.717, 1.165) is 10.6 Å². The van der Waals surface area contributed by atoms with Crippen LogP contribution in [0.5, 0.6) is 0 Å². The van der Waals surface area contributed by atoms with Gasteiger partial charge in [0.15, 0.2) is 0 Å². The first-order chi connectivity index (χ1) is 11.9. The first kappa shape index (κ1) is 16.9. The topological polar surface area (TPSA) is 111 Å². The van der Waals surface area contributed by atoms with Crippen molar-refractivity contribution in [3.05, 3.63) is 50.8 Å². The van der Waals surface area contributed by atoms with Crippen molar-refractivity contribution < 1.29 is 9.72 Å². The molecule has 0 fully saturated rings. The van der Waals surface area contributed by atoms with Gasteiger partial charge in [-0.2, -0.15) is 0 Å². The fourth-order valence-electron chi connectivity index (χ4n) is 2.46. The maximum Gasteiger partial charge on any atom is 0.277 e. The minimum atomic E-state index is -0.472. The van der Waals surface area contributed by atoms with Crippen molar-refractivity contribution in [1.29, 1.82) is 0 Å². The lowest BCUT2D eigenvalue weighted by molar-refractivity contribution is -0.383. The monoisotopic (exact) mass is 357 g/mol. The third-order valence-corrected chi connectivity index (χ3v) is 4.82. The number of non-ortho nitro benzene ring substituents is 1. The molecule has 0 unspecified atom stereocenters. The lowest BCUT2D eigenvalue weighted by atomic mass is 10.0. The number of anilines is 1. The summed E-state index contributed by atoms with van der Waals surface area (Å²) in [5.74, 6) is -0.260. The van der Waals surface area contributed by atoms with Gasteiger partial charge in [0.25, 0.3) is 11.6 Å². The molecule has 0 atom stereocenters. The highest BCUT2D eigenvalue weighted by Gasteiger charge is 2.21. The molecule has 0 aliphatic rings. The molecule has 0 aliphatic heterocycles. The van der Waals surface area contributed by atoms with Crippen molar-refractivity contribution in [2.45, 2.75) is 26.7 Å². The van der Waals surface area contributed by atoms with Gasteiger partial charge in [-0.15, -0.1) is 10.2 Å². The second kappa shape index (κ2) is 6.52. The molecule has 9 heteroatoms. The van der Waals surface area contributed by atoms with Crippen molar-refractivity contribution in [3.8, 4) is 0 Å². The van der Waals surface area contributed by atoms with Crippen LogP contribution in [0.3, 0.4) is 0 Å². The molecule has 128 valence electrons. The summed E-state index contributed by atoms with van der Waals surface area (Å²) in [6.45, 7) is 5.76. The summed E-state index contributed by atoms with van der Waals surface area (Å²) in [6, 6.07) is 4.58. The summed E-state index contributed by atoms with van der Waals surface area (Å²) < 4.78 is 0. The standard InChI is InChI=1S/C16H15N5O3S/c1-8(2)15-19-20-16(25-15)18-14(22)13-12-9(3)4-5-11(21(23)24)10(12)6-7-17-13/h4-8H,1-3H3,(H,18,20,22). The van der Waals surface area contributed by atoms with E-state index >= 15 is 0 Å². The third-order valence-electron chi connectivity index (χ3n) is 3.68. The Labute approximate surface area is 147 Å². The number of carbonyl (C=O) groups is 1. The number of hydrogen-bond donors (Lipinski definition) is 1. The zero-order chi connectivity index (χ0) is 18.1. The SMILES string of the molecule is Cc1ccc([N+](=O)[O-])c2ccnc(C(=O)Nc3nnc(C(C)C)s3)c12. The Hall–Kier alpha value is -2.94. The smallest absolute Gasteiger partial charge is 0.277 e. The summed E-state index contributed by atoms with van der Waals surface area (Å²) in [7, 11) is 0. The van der Waals surface area contributed by atoms with Gasteiger partial charge in [0, 0.05) is 23.6 Å². The second-order valence-electron chi connectivity index (χ2n) is 5.80. The van der Waals surface area contributed by atoms with Crippen LogP contribution < -0.4 is 5.32 Å². The Morgan fingerprint density at radius 3 is 2.68 bits per heavy atom. The Balaban J connectivity index is 2.04. The van der Waals surface area contributed by atoms with E-state index in [2.05, 4.69) is 20.5 Å². The summed E-state index contributed by atoms with van der Waals surface area (Å²) in [5, 5.41) is 23.9. The maximum atomic E-state index is 12.6. The first-order valence-electron chi connectivity index (χ1n) is 7.56. The number of carbonyl (C=O) groups excluding carboxylic acids is 1. The van der Waals surface area contributed by atoms with Crippen molar-refractivity contribution in [3.63, 3.8) is 0 Å². The molecule has 0 bridgehead atoms. The number of nitro benzene ring substituents is 1. The lowest BCUT2D eigenvalue weighted by Gasteiger charge is -2.08. The predicted molar refractivity (Wildman–Crippen MR) is 95.1 cm³/mol. The van der Waals surface area contributed by atoms with Crippen LogP contribution in [-0.2, 0) is 0 Å². The van der Waals surface area contributed by atoms with Crippen LogP contribution in [0.15, 0.2) is 24.4 Å². The molecule has 2 aromatic heterocycles. The quantitative estimate of drug-likeness (QED) is 0.563. The number of hydrogen-bond acceptors (Lipinski definition) is 7. The van der Waals surface area contributed by atoms with E-state index < -0.39 is 10.8 Å². The molecule has 1 aromatic carbocycles. The largest absolute Gasteiger partial charge is 0.295 e. The molecule has 3 aromatic rings. The third kappa shape index (κ3) is 3.18. The highest BCUT2D eigenvalue weighted by Crippen LogP contribution is 2.30. The average molecular weight is 357 g/mol. The molecule has 0 saturated heterocycles. The summed E-state index contributed by atoms with van der Waals surface area (Å²) in [4.78, 5) is 27.5.